The zero-order valence-electron chi connectivity index (χ0n) is 7.52. The fourth-order valence-electron chi connectivity index (χ4n) is 0.885. The average molecular weight is 237 g/mol. The Morgan fingerprint density at radius 1 is 1.64 bits per heavy atom. The summed E-state index contributed by atoms with van der Waals surface area (Å²) in [6.45, 7) is 1.86. The Kier molecular flexibility index (Phi) is 3.43. The van der Waals surface area contributed by atoms with Crippen molar-refractivity contribution in [3.8, 4) is 0 Å². The van der Waals surface area contributed by atoms with Gasteiger partial charge in [-0.1, -0.05) is 11.3 Å². The van der Waals surface area contributed by atoms with Crippen LogP contribution in [0.2, 0.25) is 0 Å². The van der Waals surface area contributed by atoms with Gasteiger partial charge in [0.1, 0.15) is 0 Å². The standard InChI is InChI=1S/C6H11N3O3S2/c1-4-5(14(7,11)12)13-6(9-4)8-2-3-10/h10H,2-3H2,1H3,(H,8,9)(H2,7,11,12). The van der Waals surface area contributed by atoms with Crippen molar-refractivity contribution < 1.29 is 13.5 Å². The molecule has 0 radical (unpaired) electrons. The Balaban J connectivity index is 2.94. The molecule has 0 saturated carbocycles. The van der Waals surface area contributed by atoms with Gasteiger partial charge in [-0.3, -0.25) is 0 Å². The van der Waals surface area contributed by atoms with Gasteiger partial charge >= 0.3 is 0 Å². The maximum atomic E-state index is 11.0. The molecule has 0 amide bonds. The van der Waals surface area contributed by atoms with Crippen LogP contribution in [-0.2, 0) is 10.0 Å². The molecular formula is C6H11N3O3S2. The molecule has 0 atom stereocenters. The van der Waals surface area contributed by atoms with Gasteiger partial charge in [-0.15, -0.1) is 0 Å². The van der Waals surface area contributed by atoms with E-state index in [4.69, 9.17) is 10.2 Å². The van der Waals surface area contributed by atoms with Crippen molar-refractivity contribution in [1.82, 2.24) is 4.98 Å². The van der Waals surface area contributed by atoms with Gasteiger partial charge in [0.15, 0.2) is 9.34 Å². The van der Waals surface area contributed by atoms with Crippen LogP contribution in [0.25, 0.3) is 0 Å². The highest BCUT2D eigenvalue weighted by molar-refractivity contribution is 7.91. The summed E-state index contributed by atoms with van der Waals surface area (Å²) in [5.74, 6) is 0. The molecule has 1 aromatic rings. The molecule has 0 spiro atoms. The fraction of sp³-hybridized carbons (Fsp3) is 0.500. The number of nitrogens with one attached hydrogen (secondary N) is 1. The Labute approximate surface area is 85.8 Å². The van der Waals surface area contributed by atoms with Gasteiger partial charge in [0.05, 0.1) is 12.3 Å². The third kappa shape index (κ3) is 2.64. The van der Waals surface area contributed by atoms with Gasteiger partial charge in [0.25, 0.3) is 0 Å². The van der Waals surface area contributed by atoms with E-state index in [1.807, 2.05) is 0 Å². The third-order valence-electron chi connectivity index (χ3n) is 1.40. The number of rotatable bonds is 4. The Bertz CT molecular complexity index is 412. The molecule has 0 fully saturated rings. The monoisotopic (exact) mass is 237 g/mol. The number of aryl methyl sites for hydroxylation is 1. The number of sulfonamides is 1. The van der Waals surface area contributed by atoms with Gasteiger partial charge < -0.3 is 10.4 Å². The lowest BCUT2D eigenvalue weighted by Gasteiger charge is -1.95. The Hall–Kier alpha value is -0.700. The maximum Gasteiger partial charge on any atom is 0.249 e. The first kappa shape index (κ1) is 11.4. The summed E-state index contributed by atoms with van der Waals surface area (Å²) in [7, 11) is -3.68. The highest BCUT2D eigenvalue weighted by atomic mass is 32.2. The minimum atomic E-state index is -3.68. The van der Waals surface area contributed by atoms with Crippen molar-refractivity contribution in [1.29, 1.82) is 0 Å². The van der Waals surface area contributed by atoms with E-state index in [2.05, 4.69) is 10.3 Å². The molecule has 8 heteroatoms. The number of aromatic nitrogens is 1. The first-order chi connectivity index (χ1) is 6.45. The van der Waals surface area contributed by atoms with Crippen molar-refractivity contribution in [3.63, 3.8) is 0 Å². The third-order valence-corrected chi connectivity index (χ3v) is 4.07. The van der Waals surface area contributed by atoms with Crippen LogP contribution in [0.1, 0.15) is 5.69 Å². The molecule has 14 heavy (non-hydrogen) atoms. The van der Waals surface area contributed by atoms with Crippen molar-refractivity contribution in [2.75, 3.05) is 18.5 Å². The molecular weight excluding hydrogens is 226 g/mol. The summed E-state index contributed by atoms with van der Waals surface area (Å²) in [6, 6.07) is 0. The largest absolute Gasteiger partial charge is 0.395 e. The molecule has 0 aliphatic heterocycles. The second-order valence-electron chi connectivity index (χ2n) is 2.59. The summed E-state index contributed by atoms with van der Waals surface area (Å²) in [5.41, 5.74) is 0.373. The molecule has 80 valence electrons. The lowest BCUT2D eigenvalue weighted by Crippen LogP contribution is -2.11. The second-order valence-corrected chi connectivity index (χ2v) is 5.34. The molecule has 1 rings (SSSR count). The van der Waals surface area contributed by atoms with Crippen LogP contribution < -0.4 is 10.5 Å². The van der Waals surface area contributed by atoms with Crippen LogP contribution in [0.15, 0.2) is 4.21 Å². The number of aliphatic hydroxyl groups excluding tert-OH is 1. The summed E-state index contributed by atoms with van der Waals surface area (Å²) >= 11 is 0.960. The summed E-state index contributed by atoms with van der Waals surface area (Å²) in [6.07, 6.45) is 0. The number of nitrogens with two attached hydrogens (primary N) is 1. The van der Waals surface area contributed by atoms with E-state index in [1.54, 1.807) is 6.92 Å². The SMILES string of the molecule is Cc1nc(NCCO)sc1S(N)(=O)=O. The minimum Gasteiger partial charge on any atom is -0.395 e. The first-order valence-electron chi connectivity index (χ1n) is 3.80. The molecule has 0 bridgehead atoms. The molecule has 0 saturated heterocycles. The zero-order chi connectivity index (χ0) is 10.8. The Morgan fingerprint density at radius 3 is 2.71 bits per heavy atom. The van der Waals surface area contributed by atoms with E-state index in [0.29, 0.717) is 17.4 Å². The maximum absolute atomic E-state index is 11.0. The Morgan fingerprint density at radius 2 is 2.29 bits per heavy atom. The van der Waals surface area contributed by atoms with Crippen LogP contribution in [0, 0.1) is 6.92 Å². The van der Waals surface area contributed by atoms with Crippen molar-refractivity contribution in [3.05, 3.63) is 5.69 Å². The van der Waals surface area contributed by atoms with Crippen LogP contribution >= 0.6 is 11.3 Å². The predicted octanol–water partition coefficient (Wildman–Crippen LogP) is -0.497. The van der Waals surface area contributed by atoms with Gasteiger partial charge in [-0.05, 0) is 6.92 Å². The van der Waals surface area contributed by atoms with E-state index in [1.165, 1.54) is 0 Å². The predicted molar refractivity (Wildman–Crippen MR) is 53.8 cm³/mol. The van der Waals surface area contributed by atoms with E-state index in [-0.39, 0.29) is 10.8 Å². The van der Waals surface area contributed by atoms with Crippen LogP contribution in [-0.4, -0.2) is 31.7 Å². The molecule has 0 aromatic carbocycles. The van der Waals surface area contributed by atoms with Crippen LogP contribution in [0.5, 0.6) is 0 Å². The van der Waals surface area contributed by atoms with E-state index >= 15 is 0 Å². The van der Waals surface area contributed by atoms with Crippen molar-refractivity contribution in [2.24, 2.45) is 5.14 Å². The van der Waals surface area contributed by atoms with Gasteiger partial charge in [0.2, 0.25) is 10.0 Å². The topological polar surface area (TPSA) is 105 Å². The summed E-state index contributed by atoms with van der Waals surface area (Å²) in [5, 5.41) is 16.7. The first-order valence-corrected chi connectivity index (χ1v) is 6.16. The highest BCUT2D eigenvalue weighted by Crippen LogP contribution is 2.25. The fourth-order valence-corrected chi connectivity index (χ4v) is 2.77. The molecule has 0 unspecified atom stereocenters. The van der Waals surface area contributed by atoms with Crippen LogP contribution in [0.4, 0.5) is 5.13 Å². The van der Waals surface area contributed by atoms with E-state index < -0.39 is 10.0 Å². The highest BCUT2D eigenvalue weighted by Gasteiger charge is 2.17. The molecule has 0 aliphatic carbocycles. The number of primary sulfonamides is 1. The number of thiazole rings is 1. The number of aliphatic hydroxyl groups is 1. The quantitative estimate of drug-likeness (QED) is 0.655. The molecule has 0 aliphatic rings. The normalized spacial score (nSPS) is 11.6. The van der Waals surface area contributed by atoms with Gasteiger partial charge in [-0.25, -0.2) is 18.5 Å². The summed E-state index contributed by atoms with van der Waals surface area (Å²) in [4.78, 5) is 3.95. The zero-order valence-corrected chi connectivity index (χ0v) is 9.15. The number of hydrogen-bond donors (Lipinski definition) is 3. The van der Waals surface area contributed by atoms with Gasteiger partial charge in [-0.2, -0.15) is 0 Å². The molecule has 1 aromatic heterocycles. The second kappa shape index (κ2) is 4.22. The van der Waals surface area contributed by atoms with Crippen molar-refractivity contribution >= 4 is 26.5 Å². The smallest absolute Gasteiger partial charge is 0.249 e. The number of anilines is 1. The van der Waals surface area contributed by atoms with Crippen LogP contribution in [0.3, 0.4) is 0 Å². The van der Waals surface area contributed by atoms with Crippen molar-refractivity contribution in [2.45, 2.75) is 11.1 Å². The van der Waals surface area contributed by atoms with E-state index in [9.17, 15) is 8.42 Å². The summed E-state index contributed by atoms with van der Waals surface area (Å²) < 4.78 is 22.1. The molecule has 1 heterocycles. The minimum absolute atomic E-state index is 0.0384. The molecule has 6 nitrogen and oxygen atoms in total. The molecule has 4 N–H and O–H groups in total. The lowest BCUT2D eigenvalue weighted by atomic mass is 10.6. The average Bonchev–Trinajstić information content (AvgIpc) is 2.42. The van der Waals surface area contributed by atoms with Gasteiger partial charge in [0, 0.05) is 6.54 Å². The van der Waals surface area contributed by atoms with E-state index in [0.717, 1.165) is 11.3 Å². The number of nitrogens with zero attached hydrogens (tertiary/aromatic N) is 1. The number of hydrogen-bond acceptors (Lipinski definition) is 6. The lowest BCUT2D eigenvalue weighted by molar-refractivity contribution is 0.311.